The number of anilines is 1. The quantitative estimate of drug-likeness (QED) is 0.848. The van der Waals surface area contributed by atoms with Gasteiger partial charge in [0.05, 0.1) is 5.92 Å². The van der Waals surface area contributed by atoms with E-state index in [9.17, 15) is 9.59 Å². The second-order valence-corrected chi connectivity index (χ2v) is 5.79. The molecule has 0 N–H and O–H groups in total. The highest BCUT2D eigenvalue weighted by Crippen LogP contribution is 2.27. The van der Waals surface area contributed by atoms with Crippen molar-refractivity contribution in [2.45, 2.75) is 33.2 Å². The lowest BCUT2D eigenvalue weighted by molar-refractivity contribution is -0.135. The number of aryl methyl sites for hydroxylation is 1. The topological polar surface area (TPSA) is 40.6 Å². The van der Waals surface area contributed by atoms with E-state index in [-0.39, 0.29) is 23.8 Å². The molecule has 1 aromatic carbocycles. The Morgan fingerprint density at radius 3 is 2.70 bits per heavy atom. The fourth-order valence-electron chi connectivity index (χ4n) is 2.46. The van der Waals surface area contributed by atoms with Gasteiger partial charge in [-0.15, -0.1) is 0 Å². The van der Waals surface area contributed by atoms with Crippen LogP contribution in [-0.4, -0.2) is 36.3 Å². The predicted octanol–water partition coefficient (Wildman–Crippen LogP) is 2.21. The number of hydrogen-bond acceptors (Lipinski definition) is 2. The lowest BCUT2D eigenvalue weighted by Crippen LogP contribution is -2.38. The van der Waals surface area contributed by atoms with Crippen LogP contribution in [0.25, 0.3) is 0 Å². The lowest BCUT2D eigenvalue weighted by atomic mass is 10.1. The average molecular weight is 274 g/mol. The number of carbonyl (C=O) groups is 2. The molecule has 1 heterocycles. The van der Waals surface area contributed by atoms with Gasteiger partial charge in [0.15, 0.2) is 0 Å². The second kappa shape index (κ2) is 5.65. The summed E-state index contributed by atoms with van der Waals surface area (Å²) in [5.74, 6) is -0.134. The highest BCUT2D eigenvalue weighted by Gasteiger charge is 2.36. The number of amides is 2. The fraction of sp³-hybridized carbons (Fsp3) is 0.500. The summed E-state index contributed by atoms with van der Waals surface area (Å²) in [5, 5.41) is 0. The first-order valence-corrected chi connectivity index (χ1v) is 7.04. The van der Waals surface area contributed by atoms with Crippen molar-refractivity contribution < 1.29 is 9.59 Å². The Bertz CT molecular complexity index is 525. The van der Waals surface area contributed by atoms with Crippen molar-refractivity contribution in [3.63, 3.8) is 0 Å². The van der Waals surface area contributed by atoms with Crippen molar-refractivity contribution in [3.05, 3.63) is 29.8 Å². The van der Waals surface area contributed by atoms with E-state index in [4.69, 9.17) is 0 Å². The van der Waals surface area contributed by atoms with E-state index >= 15 is 0 Å². The zero-order valence-corrected chi connectivity index (χ0v) is 12.6. The first kappa shape index (κ1) is 14.6. The predicted molar refractivity (Wildman–Crippen MR) is 79.5 cm³/mol. The summed E-state index contributed by atoms with van der Waals surface area (Å²) in [6, 6.07) is 8.00. The number of rotatable bonds is 3. The summed E-state index contributed by atoms with van der Waals surface area (Å²) in [7, 11) is 1.80. The average Bonchev–Trinajstić information content (AvgIpc) is 2.79. The van der Waals surface area contributed by atoms with Crippen LogP contribution in [0, 0.1) is 12.8 Å². The Hall–Kier alpha value is -1.84. The maximum atomic E-state index is 12.3. The maximum absolute atomic E-state index is 12.3. The van der Waals surface area contributed by atoms with Crippen LogP contribution in [0.2, 0.25) is 0 Å². The molecule has 2 rings (SSSR count). The standard InChI is InChI=1S/C16H22N2O2/c1-11(2)17(4)16(20)13-9-15(19)18(10-13)14-7-5-6-12(3)8-14/h5-8,11,13H,9-10H2,1-4H3/t13-/m1/s1. The Labute approximate surface area is 120 Å². The van der Waals surface area contributed by atoms with Gasteiger partial charge in [-0.05, 0) is 38.5 Å². The fourth-order valence-corrected chi connectivity index (χ4v) is 2.46. The van der Waals surface area contributed by atoms with E-state index in [1.165, 1.54) is 0 Å². The summed E-state index contributed by atoms with van der Waals surface area (Å²) < 4.78 is 0. The van der Waals surface area contributed by atoms with Crippen molar-refractivity contribution in [1.29, 1.82) is 0 Å². The van der Waals surface area contributed by atoms with Crippen LogP contribution in [0.5, 0.6) is 0 Å². The largest absolute Gasteiger partial charge is 0.343 e. The van der Waals surface area contributed by atoms with Gasteiger partial charge in [-0.1, -0.05) is 12.1 Å². The lowest BCUT2D eigenvalue weighted by Gasteiger charge is -2.24. The van der Waals surface area contributed by atoms with Crippen LogP contribution in [0.3, 0.4) is 0 Å². The molecule has 0 spiro atoms. The van der Waals surface area contributed by atoms with E-state index in [0.717, 1.165) is 11.3 Å². The maximum Gasteiger partial charge on any atom is 0.227 e. The smallest absolute Gasteiger partial charge is 0.227 e. The molecule has 0 bridgehead atoms. The highest BCUT2D eigenvalue weighted by atomic mass is 16.2. The van der Waals surface area contributed by atoms with Gasteiger partial charge in [-0.3, -0.25) is 9.59 Å². The van der Waals surface area contributed by atoms with Gasteiger partial charge in [-0.2, -0.15) is 0 Å². The molecule has 0 aliphatic carbocycles. The molecule has 1 atom stereocenters. The van der Waals surface area contributed by atoms with Gasteiger partial charge < -0.3 is 9.80 Å². The van der Waals surface area contributed by atoms with Crippen molar-refractivity contribution in [3.8, 4) is 0 Å². The molecule has 1 fully saturated rings. The van der Waals surface area contributed by atoms with E-state index in [1.807, 2.05) is 45.0 Å². The third kappa shape index (κ3) is 2.84. The molecule has 0 unspecified atom stereocenters. The Balaban J connectivity index is 2.13. The number of nitrogens with zero attached hydrogens (tertiary/aromatic N) is 2. The second-order valence-electron chi connectivity index (χ2n) is 5.79. The monoisotopic (exact) mass is 274 g/mol. The molecule has 0 aromatic heterocycles. The minimum Gasteiger partial charge on any atom is -0.343 e. The molecule has 20 heavy (non-hydrogen) atoms. The van der Waals surface area contributed by atoms with Gasteiger partial charge >= 0.3 is 0 Å². The molecule has 1 aliphatic rings. The van der Waals surface area contributed by atoms with Gasteiger partial charge in [0.25, 0.3) is 0 Å². The van der Waals surface area contributed by atoms with Crippen molar-refractivity contribution in [2.75, 3.05) is 18.5 Å². The summed E-state index contributed by atoms with van der Waals surface area (Å²) >= 11 is 0. The van der Waals surface area contributed by atoms with E-state index in [1.54, 1.807) is 16.8 Å². The minimum atomic E-state index is -0.226. The molecule has 1 saturated heterocycles. The minimum absolute atomic E-state index is 0.0334. The Morgan fingerprint density at radius 2 is 2.10 bits per heavy atom. The molecular formula is C16H22N2O2. The van der Waals surface area contributed by atoms with E-state index in [2.05, 4.69) is 0 Å². The molecule has 4 nitrogen and oxygen atoms in total. The third-order valence-electron chi connectivity index (χ3n) is 3.91. The SMILES string of the molecule is Cc1cccc(N2C[C@H](C(=O)N(C)C(C)C)CC2=O)c1. The molecule has 1 aromatic rings. The van der Waals surface area contributed by atoms with Crippen molar-refractivity contribution >= 4 is 17.5 Å². The van der Waals surface area contributed by atoms with E-state index < -0.39 is 0 Å². The van der Waals surface area contributed by atoms with Crippen LogP contribution in [0.4, 0.5) is 5.69 Å². The van der Waals surface area contributed by atoms with Gasteiger partial charge in [0, 0.05) is 31.7 Å². The van der Waals surface area contributed by atoms with Gasteiger partial charge in [-0.25, -0.2) is 0 Å². The Morgan fingerprint density at radius 1 is 1.40 bits per heavy atom. The molecule has 1 aliphatic heterocycles. The first-order valence-electron chi connectivity index (χ1n) is 7.04. The summed E-state index contributed by atoms with van der Waals surface area (Å²) in [4.78, 5) is 27.9. The number of hydrogen-bond donors (Lipinski definition) is 0. The van der Waals surface area contributed by atoms with Crippen molar-refractivity contribution in [1.82, 2.24) is 4.90 Å². The molecule has 108 valence electrons. The van der Waals surface area contributed by atoms with Crippen LogP contribution in [0.15, 0.2) is 24.3 Å². The van der Waals surface area contributed by atoms with Crippen LogP contribution in [-0.2, 0) is 9.59 Å². The molecular weight excluding hydrogens is 252 g/mol. The number of carbonyl (C=O) groups excluding carboxylic acids is 2. The molecule has 2 amide bonds. The van der Waals surface area contributed by atoms with Crippen molar-refractivity contribution in [2.24, 2.45) is 5.92 Å². The van der Waals surface area contributed by atoms with Crippen LogP contribution in [0.1, 0.15) is 25.8 Å². The highest BCUT2D eigenvalue weighted by molar-refractivity contribution is 6.00. The Kier molecular flexibility index (Phi) is 4.12. The summed E-state index contributed by atoms with van der Waals surface area (Å²) in [6.45, 7) is 6.44. The summed E-state index contributed by atoms with van der Waals surface area (Å²) in [5.41, 5.74) is 2.00. The summed E-state index contributed by atoms with van der Waals surface area (Å²) in [6.07, 6.45) is 0.309. The molecule has 0 radical (unpaired) electrons. The normalized spacial score (nSPS) is 18.8. The van der Waals surface area contributed by atoms with Crippen LogP contribution >= 0.6 is 0 Å². The van der Waals surface area contributed by atoms with Crippen LogP contribution < -0.4 is 4.90 Å². The first-order chi connectivity index (χ1) is 9.40. The number of benzene rings is 1. The third-order valence-corrected chi connectivity index (χ3v) is 3.91. The molecule has 4 heteroatoms. The molecule has 0 saturated carbocycles. The van der Waals surface area contributed by atoms with Gasteiger partial charge in [0.2, 0.25) is 11.8 Å². The van der Waals surface area contributed by atoms with E-state index in [0.29, 0.717) is 13.0 Å². The van der Waals surface area contributed by atoms with Gasteiger partial charge in [0.1, 0.15) is 0 Å². The zero-order valence-electron chi connectivity index (χ0n) is 12.6. The zero-order chi connectivity index (χ0) is 14.9.